The Morgan fingerprint density at radius 1 is 1.19 bits per heavy atom. The molecule has 0 saturated carbocycles. The Hall–Kier alpha value is -2.90. The van der Waals surface area contributed by atoms with Crippen LogP contribution >= 0.6 is 0 Å². The molecule has 1 aromatic carbocycles. The molecule has 1 N–H and O–H groups in total. The number of hydrogen-bond acceptors (Lipinski definition) is 6. The van der Waals surface area contributed by atoms with Crippen molar-refractivity contribution in [1.82, 2.24) is 10.2 Å². The number of Topliss-reactive ketones (excluding diaryl/α,β-unsaturated/α-hetero) is 1. The summed E-state index contributed by atoms with van der Waals surface area (Å²) in [5.41, 5.74) is -1.33. The number of urea groups is 1. The molecule has 0 aromatic heterocycles. The molecule has 4 amide bonds. The predicted octanol–water partition coefficient (Wildman–Crippen LogP) is 1.28. The summed E-state index contributed by atoms with van der Waals surface area (Å²) in [7, 11) is 0. The van der Waals surface area contributed by atoms with Crippen LogP contribution in [0.3, 0.4) is 0 Å². The van der Waals surface area contributed by atoms with E-state index in [9.17, 15) is 19.2 Å². The van der Waals surface area contributed by atoms with Gasteiger partial charge < -0.3 is 9.47 Å². The molecule has 0 aliphatic carbocycles. The zero-order valence-electron chi connectivity index (χ0n) is 14.6. The Labute approximate surface area is 150 Å². The van der Waals surface area contributed by atoms with Gasteiger partial charge >= 0.3 is 6.03 Å². The number of imide groups is 2. The molecule has 26 heavy (non-hydrogen) atoms. The number of carbonyl (C=O) groups excluding carboxylic acids is 4. The van der Waals surface area contributed by atoms with Gasteiger partial charge in [0.25, 0.3) is 0 Å². The van der Waals surface area contributed by atoms with Gasteiger partial charge in [-0.1, -0.05) is 26.0 Å². The van der Waals surface area contributed by atoms with Crippen molar-refractivity contribution in [2.45, 2.75) is 32.8 Å². The Morgan fingerprint density at radius 2 is 1.85 bits per heavy atom. The highest BCUT2D eigenvalue weighted by atomic mass is 16.6. The summed E-state index contributed by atoms with van der Waals surface area (Å²) in [6.45, 7) is 2.92. The molecule has 0 radical (unpaired) electrons. The van der Waals surface area contributed by atoms with E-state index < -0.39 is 41.7 Å². The molecule has 8 heteroatoms. The fraction of sp³-hybridized carbons (Fsp3) is 0.444. The summed E-state index contributed by atoms with van der Waals surface area (Å²) in [5.74, 6) is -0.782. The van der Waals surface area contributed by atoms with Gasteiger partial charge in [0.05, 0.1) is 6.54 Å². The first kappa shape index (κ1) is 17.9. The largest absolute Gasteiger partial charge is 0.485 e. The number of amides is 4. The molecule has 2 heterocycles. The number of nitrogens with one attached hydrogen (secondary N) is 1. The van der Waals surface area contributed by atoms with Crippen LogP contribution in [0, 0.1) is 5.41 Å². The average Bonchev–Trinajstić information content (AvgIpc) is 2.65. The van der Waals surface area contributed by atoms with E-state index in [2.05, 4.69) is 5.32 Å². The number of nitrogens with zero attached hydrogens (tertiary/aromatic N) is 1. The summed E-state index contributed by atoms with van der Waals surface area (Å²) in [6.07, 6.45) is -0.453. The fourth-order valence-electron chi connectivity index (χ4n) is 3.18. The zero-order valence-corrected chi connectivity index (χ0v) is 14.6. The van der Waals surface area contributed by atoms with Crippen LogP contribution in [0.15, 0.2) is 24.3 Å². The van der Waals surface area contributed by atoms with Crippen LogP contribution < -0.4 is 14.8 Å². The maximum Gasteiger partial charge on any atom is 0.331 e. The van der Waals surface area contributed by atoms with Gasteiger partial charge in [-0.25, -0.2) is 4.79 Å². The Balaban J connectivity index is 1.75. The Bertz CT molecular complexity index is 771. The smallest absolute Gasteiger partial charge is 0.331 e. The normalized spacial score (nSPS) is 21.4. The Kier molecular flexibility index (Phi) is 4.67. The number of barbiturate groups is 1. The monoisotopic (exact) mass is 360 g/mol. The highest BCUT2D eigenvalue weighted by molar-refractivity contribution is 6.20. The third-order valence-electron chi connectivity index (χ3n) is 4.94. The molecule has 1 aromatic rings. The molecule has 1 atom stereocenters. The van der Waals surface area contributed by atoms with E-state index in [0.717, 1.165) is 4.90 Å². The summed E-state index contributed by atoms with van der Waals surface area (Å²) < 4.78 is 11.1. The van der Waals surface area contributed by atoms with Crippen LogP contribution in [0.1, 0.15) is 26.7 Å². The minimum atomic E-state index is -1.33. The second kappa shape index (κ2) is 6.78. The quantitative estimate of drug-likeness (QED) is 0.794. The molecule has 0 bridgehead atoms. The van der Waals surface area contributed by atoms with Crippen molar-refractivity contribution in [3.8, 4) is 11.5 Å². The average molecular weight is 360 g/mol. The zero-order chi connectivity index (χ0) is 18.9. The highest BCUT2D eigenvalue weighted by Crippen LogP contribution is 2.33. The molecule has 3 rings (SSSR count). The second-order valence-corrected chi connectivity index (χ2v) is 6.27. The third-order valence-corrected chi connectivity index (χ3v) is 4.94. The number of para-hydroxylation sites is 2. The van der Waals surface area contributed by atoms with E-state index in [1.165, 1.54) is 0 Å². The molecular weight excluding hydrogens is 340 g/mol. The molecule has 138 valence electrons. The van der Waals surface area contributed by atoms with E-state index in [0.29, 0.717) is 11.5 Å². The first-order valence-corrected chi connectivity index (χ1v) is 8.51. The topological polar surface area (TPSA) is 102 Å². The number of carbonyl (C=O) groups is 4. The minimum absolute atomic E-state index is 0.00880. The minimum Gasteiger partial charge on any atom is -0.485 e. The van der Waals surface area contributed by atoms with Gasteiger partial charge in [-0.3, -0.25) is 24.6 Å². The first-order valence-electron chi connectivity index (χ1n) is 8.51. The maximum absolute atomic E-state index is 12.8. The van der Waals surface area contributed by atoms with Crippen LogP contribution in [0.25, 0.3) is 0 Å². The number of ketones is 1. The maximum atomic E-state index is 12.8. The molecule has 2 aliphatic heterocycles. The van der Waals surface area contributed by atoms with Gasteiger partial charge in [0, 0.05) is 0 Å². The molecule has 8 nitrogen and oxygen atoms in total. The van der Waals surface area contributed by atoms with Gasteiger partial charge in [-0.15, -0.1) is 0 Å². The number of ether oxygens (including phenoxy) is 2. The van der Waals surface area contributed by atoms with Crippen molar-refractivity contribution in [3.63, 3.8) is 0 Å². The lowest BCUT2D eigenvalue weighted by Gasteiger charge is -2.38. The lowest BCUT2D eigenvalue weighted by molar-refractivity contribution is -0.154. The molecule has 1 fully saturated rings. The summed E-state index contributed by atoms with van der Waals surface area (Å²) in [4.78, 5) is 50.4. The lowest BCUT2D eigenvalue weighted by atomic mass is 9.78. The lowest BCUT2D eigenvalue weighted by Crippen LogP contribution is -2.65. The highest BCUT2D eigenvalue weighted by Gasteiger charge is 2.52. The van der Waals surface area contributed by atoms with Crippen molar-refractivity contribution in [2.24, 2.45) is 5.41 Å². The number of rotatable bonds is 5. The van der Waals surface area contributed by atoms with E-state index in [1.54, 1.807) is 38.1 Å². The summed E-state index contributed by atoms with van der Waals surface area (Å²) >= 11 is 0. The second-order valence-electron chi connectivity index (χ2n) is 6.27. The van der Waals surface area contributed by atoms with Crippen molar-refractivity contribution in [3.05, 3.63) is 24.3 Å². The van der Waals surface area contributed by atoms with Crippen LogP contribution in [-0.2, 0) is 14.4 Å². The molecule has 0 spiro atoms. The molecule has 2 aliphatic rings. The molecular formula is C18H20N2O6. The van der Waals surface area contributed by atoms with E-state index >= 15 is 0 Å². The van der Waals surface area contributed by atoms with E-state index in [1.807, 2.05) is 0 Å². The van der Waals surface area contributed by atoms with E-state index in [-0.39, 0.29) is 19.4 Å². The fourth-order valence-corrected chi connectivity index (χ4v) is 3.18. The third kappa shape index (κ3) is 2.81. The standard InChI is InChI=1S/C18H20N2O6/c1-3-18(4-2)15(22)19-17(24)20(16(18)23)9-11(21)14-10-25-12-7-5-6-8-13(12)26-14/h5-8,14H,3-4,9-10H2,1-2H3,(H,19,22,24). The van der Waals surface area contributed by atoms with Crippen molar-refractivity contribution in [2.75, 3.05) is 13.2 Å². The first-order chi connectivity index (χ1) is 12.4. The molecule has 1 saturated heterocycles. The van der Waals surface area contributed by atoms with Gasteiger partial charge in [0.2, 0.25) is 11.8 Å². The van der Waals surface area contributed by atoms with Gasteiger partial charge in [-0.2, -0.15) is 0 Å². The van der Waals surface area contributed by atoms with Gasteiger partial charge in [0.1, 0.15) is 12.0 Å². The SMILES string of the molecule is CCC1(CC)C(=O)NC(=O)N(CC(=O)C2COc3ccccc3O2)C1=O. The Morgan fingerprint density at radius 3 is 2.50 bits per heavy atom. The van der Waals surface area contributed by atoms with Crippen LogP contribution in [0.5, 0.6) is 11.5 Å². The predicted molar refractivity (Wildman–Crippen MR) is 89.6 cm³/mol. The van der Waals surface area contributed by atoms with Crippen LogP contribution in [0.2, 0.25) is 0 Å². The van der Waals surface area contributed by atoms with Gasteiger partial charge in [0.15, 0.2) is 23.4 Å². The summed E-state index contributed by atoms with van der Waals surface area (Å²) in [5, 5.41) is 2.18. The molecule has 1 unspecified atom stereocenters. The number of benzene rings is 1. The summed E-state index contributed by atoms with van der Waals surface area (Å²) in [6, 6.07) is 6.04. The van der Waals surface area contributed by atoms with Crippen molar-refractivity contribution >= 4 is 23.6 Å². The number of hydrogen-bond donors (Lipinski definition) is 1. The van der Waals surface area contributed by atoms with Crippen molar-refractivity contribution in [1.29, 1.82) is 0 Å². The van der Waals surface area contributed by atoms with Crippen LogP contribution in [0.4, 0.5) is 4.79 Å². The number of fused-ring (bicyclic) bond motifs is 1. The van der Waals surface area contributed by atoms with E-state index in [4.69, 9.17) is 9.47 Å². The van der Waals surface area contributed by atoms with Crippen LogP contribution in [-0.4, -0.2) is 47.8 Å². The van der Waals surface area contributed by atoms with Crippen molar-refractivity contribution < 1.29 is 28.7 Å². The van der Waals surface area contributed by atoms with Gasteiger partial charge in [-0.05, 0) is 25.0 Å².